The van der Waals surface area contributed by atoms with Gasteiger partial charge in [0, 0.05) is 5.56 Å². The largest absolute Gasteiger partial charge is 0.422 e. The van der Waals surface area contributed by atoms with Crippen LogP contribution in [0.4, 0.5) is 0 Å². The summed E-state index contributed by atoms with van der Waals surface area (Å²) in [6, 6.07) is 11.8. The van der Waals surface area contributed by atoms with E-state index in [2.05, 4.69) is 32.9 Å². The van der Waals surface area contributed by atoms with Crippen LogP contribution in [-0.4, -0.2) is 5.97 Å². The molecule has 2 heteroatoms. The van der Waals surface area contributed by atoms with Crippen LogP contribution in [0.2, 0.25) is 0 Å². The van der Waals surface area contributed by atoms with Gasteiger partial charge in [-0.25, -0.2) is 4.79 Å². The summed E-state index contributed by atoms with van der Waals surface area (Å²) in [4.78, 5) is 12.0. The van der Waals surface area contributed by atoms with E-state index < -0.39 is 0 Å². The van der Waals surface area contributed by atoms with Crippen molar-refractivity contribution >= 4 is 17.6 Å². The molecule has 0 unspecified atom stereocenters. The summed E-state index contributed by atoms with van der Waals surface area (Å²) in [5, 5.41) is 0. The minimum Gasteiger partial charge on any atom is -0.422 e. The summed E-state index contributed by atoms with van der Waals surface area (Å²) in [7, 11) is 0. The van der Waals surface area contributed by atoms with Crippen LogP contribution in [-0.2, 0) is 4.79 Å². The molecule has 1 aliphatic heterocycles. The second kappa shape index (κ2) is 4.64. The van der Waals surface area contributed by atoms with Gasteiger partial charge in [-0.3, -0.25) is 0 Å². The van der Waals surface area contributed by atoms with Crippen molar-refractivity contribution in [3.8, 4) is 5.75 Å². The van der Waals surface area contributed by atoms with Crippen molar-refractivity contribution in [3.05, 3.63) is 64.2 Å². The van der Waals surface area contributed by atoms with Crippen LogP contribution in [0, 0.1) is 20.8 Å². The van der Waals surface area contributed by atoms with Crippen molar-refractivity contribution in [2.75, 3.05) is 0 Å². The Morgan fingerprint density at radius 1 is 0.950 bits per heavy atom. The lowest BCUT2D eigenvalue weighted by molar-refractivity contribution is -0.126. The second-order valence-electron chi connectivity index (χ2n) is 5.24. The van der Waals surface area contributed by atoms with Gasteiger partial charge in [-0.2, -0.15) is 0 Å². The summed E-state index contributed by atoms with van der Waals surface area (Å²) >= 11 is 0. The van der Waals surface area contributed by atoms with E-state index in [1.165, 1.54) is 11.1 Å². The third kappa shape index (κ3) is 2.03. The highest BCUT2D eigenvalue weighted by Gasteiger charge is 2.26. The van der Waals surface area contributed by atoms with Crippen molar-refractivity contribution < 1.29 is 9.53 Å². The standard InChI is InChI=1S/C18H16O2/c1-11-8-13(3)14(9-12(11)2)10-16-15-6-4-5-7-17(15)20-18(16)19/h4-10H,1-3H3. The van der Waals surface area contributed by atoms with Crippen molar-refractivity contribution in [1.29, 1.82) is 0 Å². The Balaban J connectivity index is 2.14. The zero-order valence-electron chi connectivity index (χ0n) is 11.9. The first-order valence-corrected chi connectivity index (χ1v) is 6.67. The highest BCUT2D eigenvalue weighted by atomic mass is 16.5. The lowest BCUT2D eigenvalue weighted by Crippen LogP contribution is -2.00. The van der Waals surface area contributed by atoms with Gasteiger partial charge in [0.25, 0.3) is 0 Å². The van der Waals surface area contributed by atoms with Crippen LogP contribution >= 0.6 is 0 Å². The van der Waals surface area contributed by atoms with Crippen molar-refractivity contribution in [1.82, 2.24) is 0 Å². The number of ether oxygens (including phenoxy) is 1. The molecule has 3 rings (SSSR count). The highest BCUT2D eigenvalue weighted by Crippen LogP contribution is 2.35. The molecule has 0 atom stereocenters. The third-order valence-corrected chi connectivity index (χ3v) is 3.78. The van der Waals surface area contributed by atoms with Crippen LogP contribution in [0.1, 0.15) is 27.8 Å². The molecule has 20 heavy (non-hydrogen) atoms. The van der Waals surface area contributed by atoms with Crippen LogP contribution in [0.5, 0.6) is 5.75 Å². The topological polar surface area (TPSA) is 26.3 Å². The molecular formula is C18H16O2. The fourth-order valence-corrected chi connectivity index (χ4v) is 2.47. The molecule has 0 saturated carbocycles. The number of fused-ring (bicyclic) bond motifs is 1. The molecule has 0 bridgehead atoms. The molecule has 0 N–H and O–H groups in total. The number of aryl methyl sites for hydroxylation is 3. The Kier molecular flexibility index (Phi) is 2.94. The molecule has 2 aromatic carbocycles. The first kappa shape index (κ1) is 12.7. The maximum absolute atomic E-state index is 12.0. The number of esters is 1. The normalized spacial score (nSPS) is 15.3. The molecule has 1 heterocycles. The molecule has 0 amide bonds. The van der Waals surface area contributed by atoms with Gasteiger partial charge in [0.1, 0.15) is 5.75 Å². The average Bonchev–Trinajstić information content (AvgIpc) is 2.72. The maximum Gasteiger partial charge on any atom is 0.344 e. The van der Waals surface area contributed by atoms with E-state index in [0.717, 1.165) is 16.7 Å². The Labute approximate surface area is 118 Å². The number of hydrogen-bond donors (Lipinski definition) is 0. The summed E-state index contributed by atoms with van der Waals surface area (Å²) < 4.78 is 5.28. The second-order valence-corrected chi connectivity index (χ2v) is 5.24. The van der Waals surface area contributed by atoms with Crippen molar-refractivity contribution in [2.24, 2.45) is 0 Å². The highest BCUT2D eigenvalue weighted by molar-refractivity contribution is 6.26. The van der Waals surface area contributed by atoms with E-state index in [4.69, 9.17) is 4.74 Å². The number of benzene rings is 2. The molecule has 2 nitrogen and oxygen atoms in total. The summed E-state index contributed by atoms with van der Waals surface area (Å²) in [5.74, 6) is 0.370. The molecule has 0 spiro atoms. The lowest BCUT2D eigenvalue weighted by Gasteiger charge is -2.07. The molecular weight excluding hydrogens is 248 g/mol. The van der Waals surface area contributed by atoms with Crippen LogP contribution < -0.4 is 4.74 Å². The number of rotatable bonds is 1. The van der Waals surface area contributed by atoms with E-state index >= 15 is 0 Å². The van der Waals surface area contributed by atoms with Crippen LogP contribution in [0.25, 0.3) is 11.6 Å². The van der Waals surface area contributed by atoms with Gasteiger partial charge in [0.2, 0.25) is 0 Å². The SMILES string of the molecule is Cc1cc(C)c(C=C2C(=O)Oc3ccccc32)cc1C. The Morgan fingerprint density at radius 3 is 2.45 bits per heavy atom. The Bertz CT molecular complexity index is 739. The number of carbonyl (C=O) groups excluding carboxylic acids is 1. The molecule has 0 aromatic heterocycles. The average molecular weight is 264 g/mol. The van der Waals surface area contributed by atoms with E-state index in [1.54, 1.807) is 0 Å². The predicted octanol–water partition coefficient (Wildman–Crippen LogP) is 4.07. The zero-order chi connectivity index (χ0) is 14.3. The quantitative estimate of drug-likeness (QED) is 0.441. The smallest absolute Gasteiger partial charge is 0.344 e. The maximum atomic E-state index is 12.0. The zero-order valence-corrected chi connectivity index (χ0v) is 11.9. The Hall–Kier alpha value is -2.35. The minimum atomic E-state index is -0.274. The van der Waals surface area contributed by atoms with E-state index in [1.807, 2.05) is 30.3 Å². The number of hydrogen-bond acceptors (Lipinski definition) is 2. The minimum absolute atomic E-state index is 0.274. The lowest BCUT2D eigenvalue weighted by atomic mass is 9.97. The molecule has 0 fully saturated rings. The molecule has 0 saturated heterocycles. The molecule has 100 valence electrons. The van der Waals surface area contributed by atoms with Gasteiger partial charge in [-0.05, 0) is 55.2 Å². The van der Waals surface area contributed by atoms with Gasteiger partial charge in [-0.15, -0.1) is 0 Å². The third-order valence-electron chi connectivity index (χ3n) is 3.78. The van der Waals surface area contributed by atoms with Gasteiger partial charge >= 0.3 is 5.97 Å². The van der Waals surface area contributed by atoms with Crippen LogP contribution in [0.3, 0.4) is 0 Å². The van der Waals surface area contributed by atoms with Gasteiger partial charge in [-0.1, -0.05) is 30.3 Å². The van der Waals surface area contributed by atoms with Crippen molar-refractivity contribution in [3.63, 3.8) is 0 Å². The van der Waals surface area contributed by atoms with Gasteiger partial charge in [0.15, 0.2) is 0 Å². The molecule has 2 aromatic rings. The van der Waals surface area contributed by atoms with Gasteiger partial charge < -0.3 is 4.74 Å². The monoisotopic (exact) mass is 264 g/mol. The van der Waals surface area contributed by atoms with E-state index in [0.29, 0.717) is 11.3 Å². The first-order valence-electron chi connectivity index (χ1n) is 6.67. The predicted molar refractivity (Wildman–Crippen MR) is 80.6 cm³/mol. The van der Waals surface area contributed by atoms with E-state index in [-0.39, 0.29) is 5.97 Å². The number of para-hydroxylation sites is 1. The van der Waals surface area contributed by atoms with Gasteiger partial charge in [0.05, 0.1) is 5.57 Å². The molecule has 0 radical (unpaired) electrons. The fourth-order valence-electron chi connectivity index (χ4n) is 2.47. The Morgan fingerprint density at radius 2 is 1.65 bits per heavy atom. The summed E-state index contributed by atoms with van der Waals surface area (Å²) in [6.45, 7) is 6.24. The number of carbonyl (C=O) groups is 1. The summed E-state index contributed by atoms with van der Waals surface area (Å²) in [5.41, 5.74) is 6.22. The molecule has 0 aliphatic carbocycles. The fraction of sp³-hybridized carbons (Fsp3) is 0.167. The first-order chi connectivity index (χ1) is 9.56. The van der Waals surface area contributed by atoms with E-state index in [9.17, 15) is 4.79 Å². The van der Waals surface area contributed by atoms with Crippen LogP contribution in [0.15, 0.2) is 36.4 Å². The molecule has 1 aliphatic rings. The summed E-state index contributed by atoms with van der Waals surface area (Å²) in [6.07, 6.45) is 1.93. The van der Waals surface area contributed by atoms with Crippen molar-refractivity contribution in [2.45, 2.75) is 20.8 Å².